The van der Waals surface area contributed by atoms with Crippen molar-refractivity contribution in [3.8, 4) is 0 Å². The second-order valence-electron chi connectivity index (χ2n) is 5.93. The van der Waals surface area contributed by atoms with Gasteiger partial charge in [0, 0.05) is 25.1 Å². The molecule has 2 aromatic rings. The van der Waals surface area contributed by atoms with Crippen molar-refractivity contribution in [1.82, 2.24) is 14.8 Å². The topological polar surface area (TPSA) is 77.3 Å². The minimum Gasteiger partial charge on any atom is -0.378 e. The molecule has 1 saturated heterocycles. The number of morpholine rings is 1. The van der Waals surface area contributed by atoms with Crippen LogP contribution in [-0.4, -0.2) is 67.2 Å². The molecule has 0 radical (unpaired) electrons. The van der Waals surface area contributed by atoms with Crippen LogP contribution >= 0.6 is 11.8 Å². The van der Waals surface area contributed by atoms with Crippen LogP contribution in [0, 0.1) is 0 Å². The van der Waals surface area contributed by atoms with Gasteiger partial charge < -0.3 is 9.64 Å². The van der Waals surface area contributed by atoms with Gasteiger partial charge in [-0.25, -0.2) is 8.42 Å². The Balaban J connectivity index is 1.82. The summed E-state index contributed by atoms with van der Waals surface area (Å²) in [6.45, 7) is 3.56. The van der Waals surface area contributed by atoms with Crippen LogP contribution in [-0.2, 0) is 21.1 Å². The first kappa shape index (κ1) is 18.2. The van der Waals surface area contributed by atoms with Gasteiger partial charge in [-0.1, -0.05) is 42.1 Å². The van der Waals surface area contributed by atoms with Gasteiger partial charge in [0.25, 0.3) is 0 Å². The fraction of sp³-hybridized carbons (Fsp3) is 0.500. The largest absolute Gasteiger partial charge is 0.378 e. The van der Waals surface area contributed by atoms with Crippen molar-refractivity contribution in [2.45, 2.75) is 11.7 Å². The summed E-state index contributed by atoms with van der Waals surface area (Å²) in [5, 5.41) is 9.41. The highest BCUT2D eigenvalue weighted by molar-refractivity contribution is 8.00. The fourth-order valence-corrected chi connectivity index (χ4v) is 4.70. The van der Waals surface area contributed by atoms with E-state index in [9.17, 15) is 8.42 Å². The fourth-order valence-electron chi connectivity index (χ4n) is 2.57. The molecular weight excluding hydrogens is 360 g/mol. The molecular formula is C16H22N4O3S2. The van der Waals surface area contributed by atoms with E-state index < -0.39 is 9.84 Å². The van der Waals surface area contributed by atoms with Crippen molar-refractivity contribution in [3.63, 3.8) is 0 Å². The van der Waals surface area contributed by atoms with E-state index >= 15 is 0 Å². The number of ether oxygens (including phenoxy) is 1. The maximum absolute atomic E-state index is 11.4. The number of hydrogen-bond donors (Lipinski definition) is 0. The molecule has 0 N–H and O–H groups in total. The Labute approximate surface area is 152 Å². The van der Waals surface area contributed by atoms with Crippen LogP contribution in [0.4, 0.5) is 5.95 Å². The molecule has 136 valence electrons. The normalized spacial score (nSPS) is 15.5. The van der Waals surface area contributed by atoms with Crippen molar-refractivity contribution in [2.75, 3.05) is 49.0 Å². The Bertz CT molecular complexity index is 787. The van der Waals surface area contributed by atoms with Crippen LogP contribution in [0.5, 0.6) is 0 Å². The lowest BCUT2D eigenvalue weighted by molar-refractivity contribution is 0.121. The number of nitrogens with zero attached hydrogens (tertiary/aromatic N) is 4. The average molecular weight is 383 g/mol. The van der Waals surface area contributed by atoms with Gasteiger partial charge in [0.2, 0.25) is 5.95 Å². The molecule has 0 atom stereocenters. The minimum atomic E-state index is -2.98. The van der Waals surface area contributed by atoms with Gasteiger partial charge in [0.05, 0.1) is 25.5 Å². The van der Waals surface area contributed by atoms with E-state index in [0.29, 0.717) is 25.5 Å². The summed E-state index contributed by atoms with van der Waals surface area (Å²) in [5.41, 5.74) is 1.15. The Hall–Kier alpha value is -1.58. The number of anilines is 1. The van der Waals surface area contributed by atoms with Crippen molar-refractivity contribution >= 4 is 27.5 Å². The van der Waals surface area contributed by atoms with Gasteiger partial charge in [-0.3, -0.25) is 4.57 Å². The molecule has 2 heterocycles. The Morgan fingerprint density at radius 3 is 2.56 bits per heavy atom. The number of hydrogen-bond acceptors (Lipinski definition) is 7. The summed E-state index contributed by atoms with van der Waals surface area (Å²) in [6.07, 6.45) is 1.25. The SMILES string of the molecule is CS(=O)(=O)CCSc1nnc(N2CCOCC2)n1Cc1ccccc1. The van der Waals surface area contributed by atoms with Gasteiger partial charge in [-0.2, -0.15) is 0 Å². The zero-order valence-electron chi connectivity index (χ0n) is 14.2. The van der Waals surface area contributed by atoms with Crippen molar-refractivity contribution in [2.24, 2.45) is 0 Å². The van der Waals surface area contributed by atoms with Gasteiger partial charge in [-0.05, 0) is 5.56 Å². The summed E-state index contributed by atoms with van der Waals surface area (Å²) < 4.78 is 30.2. The zero-order valence-corrected chi connectivity index (χ0v) is 15.8. The number of aromatic nitrogens is 3. The van der Waals surface area contributed by atoms with E-state index in [1.54, 1.807) is 0 Å². The molecule has 0 amide bonds. The first-order valence-electron chi connectivity index (χ1n) is 8.13. The standard InChI is InChI=1S/C16H22N4O3S2/c1-25(21,22)12-11-24-16-18-17-15(19-7-9-23-10-8-19)20(16)13-14-5-3-2-4-6-14/h2-6H,7-13H2,1H3. The monoisotopic (exact) mass is 382 g/mol. The molecule has 0 spiro atoms. The molecule has 0 bridgehead atoms. The number of sulfone groups is 1. The lowest BCUT2D eigenvalue weighted by Crippen LogP contribution is -2.38. The Kier molecular flexibility index (Phi) is 5.98. The average Bonchev–Trinajstić information content (AvgIpc) is 2.98. The maximum atomic E-state index is 11.4. The van der Waals surface area contributed by atoms with Crippen LogP contribution < -0.4 is 4.90 Å². The van der Waals surface area contributed by atoms with E-state index in [-0.39, 0.29) is 5.75 Å². The van der Waals surface area contributed by atoms with Crippen LogP contribution in [0.2, 0.25) is 0 Å². The molecule has 3 rings (SSSR count). The van der Waals surface area contributed by atoms with E-state index in [2.05, 4.69) is 31.8 Å². The molecule has 0 saturated carbocycles. The summed E-state index contributed by atoms with van der Waals surface area (Å²) in [6, 6.07) is 10.1. The smallest absolute Gasteiger partial charge is 0.228 e. The number of rotatable bonds is 7. The third-order valence-corrected chi connectivity index (χ3v) is 6.03. The molecule has 1 aliphatic heterocycles. The maximum Gasteiger partial charge on any atom is 0.228 e. The third kappa shape index (κ3) is 5.20. The minimum absolute atomic E-state index is 0.128. The van der Waals surface area contributed by atoms with Crippen LogP contribution in [0.15, 0.2) is 35.5 Å². The summed E-state index contributed by atoms with van der Waals surface area (Å²) in [7, 11) is -2.98. The Morgan fingerprint density at radius 2 is 1.88 bits per heavy atom. The van der Waals surface area contributed by atoms with E-state index in [1.807, 2.05) is 18.2 Å². The lowest BCUT2D eigenvalue weighted by atomic mass is 10.2. The predicted octanol–water partition coefficient (Wildman–Crippen LogP) is 1.30. The second-order valence-corrected chi connectivity index (χ2v) is 9.25. The molecule has 1 aromatic carbocycles. The molecule has 1 fully saturated rings. The zero-order chi connectivity index (χ0) is 17.7. The van der Waals surface area contributed by atoms with Crippen LogP contribution in [0.1, 0.15) is 5.56 Å². The second kappa shape index (κ2) is 8.20. The van der Waals surface area contributed by atoms with E-state index in [4.69, 9.17) is 4.74 Å². The van der Waals surface area contributed by atoms with Gasteiger partial charge >= 0.3 is 0 Å². The van der Waals surface area contributed by atoms with E-state index in [0.717, 1.165) is 29.8 Å². The highest BCUT2D eigenvalue weighted by atomic mass is 32.2. The highest BCUT2D eigenvalue weighted by Gasteiger charge is 2.21. The van der Waals surface area contributed by atoms with Gasteiger partial charge in [0.15, 0.2) is 5.16 Å². The third-order valence-electron chi connectivity index (χ3n) is 3.86. The van der Waals surface area contributed by atoms with Crippen LogP contribution in [0.25, 0.3) is 0 Å². The van der Waals surface area contributed by atoms with Gasteiger partial charge in [0.1, 0.15) is 9.84 Å². The van der Waals surface area contributed by atoms with Crippen LogP contribution in [0.3, 0.4) is 0 Å². The molecule has 9 heteroatoms. The summed E-state index contributed by atoms with van der Waals surface area (Å²) in [5.74, 6) is 1.41. The highest BCUT2D eigenvalue weighted by Crippen LogP contribution is 2.24. The molecule has 0 aliphatic carbocycles. The molecule has 0 unspecified atom stereocenters. The Morgan fingerprint density at radius 1 is 1.16 bits per heavy atom. The van der Waals surface area contributed by atoms with E-state index in [1.165, 1.54) is 18.0 Å². The first-order valence-corrected chi connectivity index (χ1v) is 11.2. The summed E-state index contributed by atoms with van der Waals surface area (Å²) in [4.78, 5) is 2.17. The van der Waals surface area contributed by atoms with Crippen molar-refractivity contribution in [3.05, 3.63) is 35.9 Å². The first-order chi connectivity index (χ1) is 12.0. The molecule has 25 heavy (non-hydrogen) atoms. The quantitative estimate of drug-likeness (QED) is 0.668. The molecule has 7 nitrogen and oxygen atoms in total. The molecule has 1 aromatic heterocycles. The number of thioether (sulfide) groups is 1. The number of benzene rings is 1. The van der Waals surface area contributed by atoms with Gasteiger partial charge in [-0.15, -0.1) is 10.2 Å². The van der Waals surface area contributed by atoms with Crippen molar-refractivity contribution in [1.29, 1.82) is 0 Å². The lowest BCUT2D eigenvalue weighted by Gasteiger charge is -2.28. The molecule has 1 aliphatic rings. The van der Waals surface area contributed by atoms with Crippen molar-refractivity contribution < 1.29 is 13.2 Å². The predicted molar refractivity (Wildman–Crippen MR) is 99.0 cm³/mol. The summed E-state index contributed by atoms with van der Waals surface area (Å²) >= 11 is 1.43.